The summed E-state index contributed by atoms with van der Waals surface area (Å²) in [6.07, 6.45) is -7.36. The van der Waals surface area contributed by atoms with Gasteiger partial charge in [-0.3, -0.25) is 19.3 Å². The normalized spacial score (nSPS) is 29.6. The van der Waals surface area contributed by atoms with Gasteiger partial charge in [0.1, 0.15) is 54.8 Å². The average Bonchev–Trinajstić information content (AvgIpc) is 2.97. The number of halogens is 3. The van der Waals surface area contributed by atoms with Crippen LogP contribution in [0, 0.1) is 28.5 Å². The number of rotatable bonds is 12. The second kappa shape index (κ2) is 21.5. The molecule has 5 aliphatic rings. The number of hydrogen-bond acceptors (Lipinski definition) is 15. The number of carbonyl (C=O) groups excluding carboxylic acids is 7. The van der Waals surface area contributed by atoms with E-state index in [0.29, 0.717) is 15.4 Å². The molecule has 1 N–H and O–H groups in total. The Balaban J connectivity index is 1.06. The van der Waals surface area contributed by atoms with Gasteiger partial charge in [-0.15, -0.1) is 0 Å². The Kier molecular flexibility index (Phi) is 16.4. The maximum atomic E-state index is 18.1. The molecule has 1 saturated heterocycles. The van der Waals surface area contributed by atoms with E-state index in [0.717, 1.165) is 11.0 Å². The number of alkyl halides is 2. The lowest BCUT2D eigenvalue weighted by molar-refractivity contribution is -0.235. The van der Waals surface area contributed by atoms with E-state index in [9.17, 15) is 43.1 Å². The Labute approximate surface area is 452 Å². The van der Waals surface area contributed by atoms with Crippen LogP contribution in [0.15, 0.2) is 72.3 Å². The molecule has 4 aliphatic carbocycles. The molecule has 2 aromatic rings. The van der Waals surface area contributed by atoms with Crippen molar-refractivity contribution in [3.8, 4) is 0 Å². The first-order chi connectivity index (χ1) is 36.1. The van der Waals surface area contributed by atoms with E-state index in [1.807, 2.05) is 0 Å². The van der Waals surface area contributed by atoms with Crippen LogP contribution in [-0.2, 0) is 54.1 Å². The SMILES string of the molecule is CCN(COCC(=O)[C@@]12O[C@H](c3cccc(F)c3)O[C@@H]1C[C@H]1[C@@H]3C[C@H](F)C4=CC(=O)C=C[C@]4(C)[C@@]3(F)[C@@H](O)C[C@@]12C)C(=O)OCc1ccc(N(C(=O)OC(C)(C)C)C(=O)[C@H](C)N(C(=O)OC(C)(C)C)C(=O)OC(C)(C)C)cc1. The Morgan fingerprint density at radius 1 is 0.846 bits per heavy atom. The lowest BCUT2D eigenvalue weighted by Gasteiger charge is -2.63. The number of hydrogen-bond donors (Lipinski definition) is 1. The molecule has 5 amide bonds. The van der Waals surface area contributed by atoms with Crippen molar-refractivity contribution in [1.82, 2.24) is 9.80 Å². The number of ketones is 2. The molecule has 4 fully saturated rings. The Bertz CT molecular complexity index is 2720. The molecular weight excluding hydrogens is 1020 g/mol. The van der Waals surface area contributed by atoms with Crippen LogP contribution in [0.1, 0.15) is 127 Å². The molecule has 0 bridgehead atoms. The van der Waals surface area contributed by atoms with E-state index in [2.05, 4.69) is 0 Å². The molecule has 0 unspecified atom stereocenters. The van der Waals surface area contributed by atoms with Gasteiger partial charge in [-0.05, 0) is 156 Å². The molecule has 3 saturated carbocycles. The highest BCUT2D eigenvalue weighted by atomic mass is 19.1. The summed E-state index contributed by atoms with van der Waals surface area (Å²) >= 11 is 0. The molecule has 7 rings (SSSR count). The van der Waals surface area contributed by atoms with Crippen molar-refractivity contribution in [3.05, 3.63) is 89.3 Å². The minimum Gasteiger partial charge on any atom is -0.444 e. The number of ether oxygens (including phenoxy) is 7. The number of benzene rings is 2. The van der Waals surface area contributed by atoms with Crippen molar-refractivity contribution in [1.29, 1.82) is 0 Å². The number of fused-ring (bicyclic) bond motifs is 7. The summed E-state index contributed by atoms with van der Waals surface area (Å²) in [5, 5.41) is 12.0. The number of imide groups is 2. The fraction of sp³-hybridized carbons (Fsp3) is 0.596. The second-order valence-corrected chi connectivity index (χ2v) is 24.1. The largest absolute Gasteiger partial charge is 0.444 e. The van der Waals surface area contributed by atoms with Crippen LogP contribution in [0.3, 0.4) is 0 Å². The van der Waals surface area contributed by atoms with E-state index < -0.39 is 142 Å². The first-order valence-corrected chi connectivity index (χ1v) is 26.1. The molecule has 21 heteroatoms. The van der Waals surface area contributed by atoms with Crippen molar-refractivity contribution in [2.24, 2.45) is 22.7 Å². The fourth-order valence-corrected chi connectivity index (χ4v) is 11.8. The molecule has 1 aliphatic heterocycles. The van der Waals surface area contributed by atoms with E-state index in [4.69, 9.17) is 33.2 Å². The Morgan fingerprint density at radius 2 is 1.45 bits per heavy atom. The molecule has 2 aromatic carbocycles. The van der Waals surface area contributed by atoms with Crippen molar-refractivity contribution in [2.75, 3.05) is 24.8 Å². The van der Waals surface area contributed by atoms with E-state index in [1.54, 1.807) is 82.2 Å². The molecule has 1 heterocycles. The van der Waals surface area contributed by atoms with Gasteiger partial charge in [0.2, 0.25) is 0 Å². The molecule has 0 spiro atoms. The highest BCUT2D eigenvalue weighted by Gasteiger charge is 2.80. The highest BCUT2D eigenvalue weighted by molar-refractivity contribution is 6.15. The van der Waals surface area contributed by atoms with Crippen LogP contribution >= 0.6 is 0 Å². The zero-order valence-electron chi connectivity index (χ0n) is 46.5. The average molecular weight is 1100 g/mol. The monoisotopic (exact) mass is 1100 g/mol. The van der Waals surface area contributed by atoms with Crippen LogP contribution < -0.4 is 4.90 Å². The lowest BCUT2D eigenvalue weighted by atomic mass is 9.44. The zero-order valence-corrected chi connectivity index (χ0v) is 46.5. The topological polar surface area (TPSA) is 214 Å². The zero-order chi connectivity index (χ0) is 57.9. The van der Waals surface area contributed by atoms with Gasteiger partial charge in [0.05, 0.1) is 17.9 Å². The number of aliphatic hydroxyl groups excluding tert-OH is 1. The minimum absolute atomic E-state index is 0.00522. The van der Waals surface area contributed by atoms with Crippen LogP contribution in [-0.4, -0.2) is 129 Å². The summed E-state index contributed by atoms with van der Waals surface area (Å²) in [4.78, 5) is 98.1. The standard InChI is InChI=1S/C57H72F3N3O15/c1-14-61(47(68)73-29-33-18-20-36(21-19-33)63(50(71)78-53(9,10)11)45(67)32(2)62(48(69)76-51(3,4)5)49(70)77-52(6,7)8)31-72-30-43(66)57-44(74-46(75-57)34-16-15-17-35(58)24-34)27-38-39-26-41(59)40-25-37(64)22-23-54(40,12)56(39,60)42(65)28-55(38,57)13/h15-25,32,38-39,41-42,44,46,65H,14,26-31H2,1-13H3/t32-,38-,39-,41-,42-,44+,46+,54-,55-,56-,57+/m0/s1. The summed E-state index contributed by atoms with van der Waals surface area (Å²) < 4.78 is 90.0. The number of nitrogens with zero attached hydrogens (tertiary/aromatic N) is 3. The van der Waals surface area contributed by atoms with Crippen molar-refractivity contribution < 1.29 is 85.0 Å². The number of allylic oxidation sites excluding steroid dienone is 4. The quantitative estimate of drug-likeness (QED) is 0.155. The predicted octanol–water partition coefficient (Wildman–Crippen LogP) is 9.94. The first-order valence-electron chi connectivity index (χ1n) is 26.1. The van der Waals surface area contributed by atoms with E-state index in [1.165, 1.54) is 68.5 Å². The summed E-state index contributed by atoms with van der Waals surface area (Å²) in [5.41, 5.74) is -10.2. The van der Waals surface area contributed by atoms with Gasteiger partial charge < -0.3 is 38.3 Å². The second-order valence-electron chi connectivity index (χ2n) is 24.1. The molecule has 0 radical (unpaired) electrons. The number of aliphatic hydroxyl groups is 1. The molecule has 426 valence electrons. The third-order valence-electron chi connectivity index (χ3n) is 15.3. The summed E-state index contributed by atoms with van der Waals surface area (Å²) in [5.74, 6) is -4.76. The van der Waals surface area contributed by atoms with Gasteiger partial charge in [-0.1, -0.05) is 37.3 Å². The number of amides is 5. The smallest absolute Gasteiger partial charge is 0.421 e. The predicted molar refractivity (Wildman–Crippen MR) is 274 cm³/mol. The first kappa shape index (κ1) is 59.5. The molecule has 11 atom stereocenters. The number of Topliss-reactive ketones (excluding diaryl/α,β-unsaturated/α-hetero) is 1. The minimum atomic E-state index is -2.45. The summed E-state index contributed by atoms with van der Waals surface area (Å²) in [7, 11) is 0. The third-order valence-corrected chi connectivity index (χ3v) is 15.3. The fourth-order valence-electron chi connectivity index (χ4n) is 11.8. The molecule has 78 heavy (non-hydrogen) atoms. The molecule has 0 aromatic heterocycles. The number of carbonyl (C=O) groups is 7. The Morgan fingerprint density at radius 3 is 2.03 bits per heavy atom. The lowest BCUT2D eigenvalue weighted by Crippen LogP contribution is -2.70. The summed E-state index contributed by atoms with van der Waals surface area (Å²) in [6, 6.07) is 9.45. The maximum absolute atomic E-state index is 18.1. The van der Waals surface area contributed by atoms with Crippen LogP contribution in [0.4, 0.5) is 38.0 Å². The van der Waals surface area contributed by atoms with Crippen LogP contribution in [0.5, 0.6) is 0 Å². The van der Waals surface area contributed by atoms with Gasteiger partial charge in [-0.25, -0.2) is 37.2 Å². The molecule has 18 nitrogen and oxygen atoms in total. The van der Waals surface area contributed by atoms with Gasteiger partial charge in [-0.2, -0.15) is 4.90 Å². The van der Waals surface area contributed by atoms with E-state index in [-0.39, 0.29) is 49.2 Å². The number of anilines is 1. The van der Waals surface area contributed by atoms with Crippen LogP contribution in [0.2, 0.25) is 0 Å². The Hall–Kier alpha value is -6.16. The maximum Gasteiger partial charge on any atom is 0.421 e. The van der Waals surface area contributed by atoms with Gasteiger partial charge >= 0.3 is 24.4 Å². The van der Waals surface area contributed by atoms with Gasteiger partial charge in [0.15, 0.2) is 29.1 Å². The van der Waals surface area contributed by atoms with Gasteiger partial charge in [0, 0.05) is 28.9 Å². The van der Waals surface area contributed by atoms with Crippen molar-refractivity contribution >= 4 is 47.5 Å². The van der Waals surface area contributed by atoms with E-state index >= 15 is 8.78 Å². The highest BCUT2D eigenvalue weighted by Crippen LogP contribution is 2.72. The van der Waals surface area contributed by atoms with Crippen molar-refractivity contribution in [2.45, 2.75) is 175 Å². The molecular formula is C57H72F3N3O15. The van der Waals surface area contributed by atoms with Gasteiger partial charge in [0.25, 0.3) is 5.91 Å². The van der Waals surface area contributed by atoms with Crippen molar-refractivity contribution in [3.63, 3.8) is 0 Å². The summed E-state index contributed by atoms with van der Waals surface area (Å²) in [6.45, 7) is 18.8. The third kappa shape index (κ3) is 11.2. The van der Waals surface area contributed by atoms with Crippen LogP contribution in [0.25, 0.3) is 0 Å².